The summed E-state index contributed by atoms with van der Waals surface area (Å²) in [6.45, 7) is 0. The lowest BCUT2D eigenvalue weighted by Gasteiger charge is -1.99. The molecule has 3 aromatic rings. The van der Waals surface area contributed by atoms with Crippen LogP contribution in [0, 0.1) is 0 Å². The SMILES string of the molecule is c1ccc(Cc2ncn3ccccc23)cc1. The van der Waals surface area contributed by atoms with Gasteiger partial charge in [-0.3, -0.25) is 0 Å². The van der Waals surface area contributed by atoms with E-state index in [1.807, 2.05) is 30.7 Å². The molecule has 1 aromatic carbocycles. The monoisotopic (exact) mass is 208 g/mol. The standard InChI is InChI=1S/C14H12N2/c1-2-6-12(7-3-1)10-13-14-8-4-5-9-16(14)11-15-13/h1-9,11H,10H2. The number of hydrogen-bond donors (Lipinski definition) is 0. The van der Waals surface area contributed by atoms with E-state index in [1.54, 1.807) is 0 Å². The molecule has 0 saturated carbocycles. The van der Waals surface area contributed by atoms with Gasteiger partial charge < -0.3 is 4.40 Å². The minimum Gasteiger partial charge on any atom is -0.306 e. The Morgan fingerprint density at radius 2 is 1.75 bits per heavy atom. The van der Waals surface area contributed by atoms with Crippen molar-refractivity contribution in [2.24, 2.45) is 0 Å². The predicted molar refractivity (Wildman–Crippen MR) is 64.4 cm³/mol. The lowest BCUT2D eigenvalue weighted by Crippen LogP contribution is -1.89. The van der Waals surface area contributed by atoms with Crippen LogP contribution in [0.3, 0.4) is 0 Å². The Morgan fingerprint density at radius 3 is 2.62 bits per heavy atom. The maximum absolute atomic E-state index is 4.45. The second-order valence-electron chi connectivity index (χ2n) is 3.85. The van der Waals surface area contributed by atoms with Crippen molar-refractivity contribution >= 4 is 5.52 Å². The summed E-state index contributed by atoms with van der Waals surface area (Å²) in [5.74, 6) is 0. The molecule has 3 rings (SSSR count). The highest BCUT2D eigenvalue weighted by molar-refractivity contribution is 5.53. The first kappa shape index (κ1) is 9.16. The number of imidazole rings is 1. The molecule has 2 aromatic heterocycles. The number of rotatable bonds is 2. The fourth-order valence-corrected chi connectivity index (χ4v) is 1.92. The van der Waals surface area contributed by atoms with E-state index in [-0.39, 0.29) is 0 Å². The molecule has 0 bridgehead atoms. The van der Waals surface area contributed by atoms with Crippen LogP contribution in [-0.2, 0) is 6.42 Å². The Balaban J connectivity index is 2.01. The normalized spacial score (nSPS) is 10.8. The highest BCUT2D eigenvalue weighted by Crippen LogP contribution is 2.13. The van der Waals surface area contributed by atoms with Crippen molar-refractivity contribution in [1.82, 2.24) is 9.38 Å². The third kappa shape index (κ3) is 1.58. The fraction of sp³-hybridized carbons (Fsp3) is 0.0714. The molecular weight excluding hydrogens is 196 g/mol. The van der Waals surface area contributed by atoms with E-state index in [4.69, 9.17) is 0 Å². The highest BCUT2D eigenvalue weighted by atomic mass is 15.0. The van der Waals surface area contributed by atoms with Crippen molar-refractivity contribution in [1.29, 1.82) is 0 Å². The van der Waals surface area contributed by atoms with Gasteiger partial charge in [0, 0.05) is 12.6 Å². The van der Waals surface area contributed by atoms with Crippen LogP contribution in [0.4, 0.5) is 0 Å². The molecule has 0 aliphatic carbocycles. The maximum Gasteiger partial charge on any atom is 0.0995 e. The molecule has 0 atom stereocenters. The van der Waals surface area contributed by atoms with Crippen LogP contribution in [0.1, 0.15) is 11.3 Å². The van der Waals surface area contributed by atoms with Gasteiger partial charge in [-0.05, 0) is 17.7 Å². The van der Waals surface area contributed by atoms with Gasteiger partial charge in [-0.1, -0.05) is 36.4 Å². The molecular formula is C14H12N2. The van der Waals surface area contributed by atoms with E-state index in [9.17, 15) is 0 Å². The van der Waals surface area contributed by atoms with Crippen LogP contribution in [0.15, 0.2) is 61.1 Å². The smallest absolute Gasteiger partial charge is 0.0995 e. The predicted octanol–water partition coefficient (Wildman–Crippen LogP) is 2.93. The van der Waals surface area contributed by atoms with Crippen LogP contribution in [0.2, 0.25) is 0 Å². The summed E-state index contributed by atoms with van der Waals surface area (Å²) < 4.78 is 2.05. The zero-order chi connectivity index (χ0) is 10.8. The first-order valence-corrected chi connectivity index (χ1v) is 5.38. The summed E-state index contributed by atoms with van der Waals surface area (Å²) in [6.07, 6.45) is 4.78. The molecule has 2 nitrogen and oxygen atoms in total. The zero-order valence-electron chi connectivity index (χ0n) is 8.88. The van der Waals surface area contributed by atoms with Gasteiger partial charge in [0.25, 0.3) is 0 Å². The van der Waals surface area contributed by atoms with E-state index in [1.165, 1.54) is 11.1 Å². The lowest BCUT2D eigenvalue weighted by molar-refractivity contribution is 1.11. The number of pyridine rings is 1. The zero-order valence-corrected chi connectivity index (χ0v) is 8.88. The molecule has 0 spiro atoms. The minimum atomic E-state index is 0.890. The number of fused-ring (bicyclic) bond motifs is 1. The van der Waals surface area contributed by atoms with Crippen LogP contribution in [-0.4, -0.2) is 9.38 Å². The molecule has 16 heavy (non-hydrogen) atoms. The van der Waals surface area contributed by atoms with Gasteiger partial charge in [-0.25, -0.2) is 4.98 Å². The van der Waals surface area contributed by atoms with Crippen LogP contribution in [0.25, 0.3) is 5.52 Å². The largest absolute Gasteiger partial charge is 0.306 e. The van der Waals surface area contributed by atoms with Crippen LogP contribution in [0.5, 0.6) is 0 Å². The summed E-state index contributed by atoms with van der Waals surface area (Å²) >= 11 is 0. The first-order chi connectivity index (χ1) is 7.93. The van der Waals surface area contributed by atoms with E-state index in [0.29, 0.717) is 0 Å². The average molecular weight is 208 g/mol. The number of hydrogen-bond acceptors (Lipinski definition) is 1. The third-order valence-corrected chi connectivity index (χ3v) is 2.74. The molecule has 0 N–H and O–H groups in total. The second-order valence-corrected chi connectivity index (χ2v) is 3.85. The van der Waals surface area contributed by atoms with Crippen molar-refractivity contribution in [2.45, 2.75) is 6.42 Å². The van der Waals surface area contributed by atoms with Gasteiger partial charge in [0.2, 0.25) is 0 Å². The lowest BCUT2D eigenvalue weighted by atomic mass is 10.1. The molecule has 78 valence electrons. The highest BCUT2D eigenvalue weighted by Gasteiger charge is 2.03. The van der Waals surface area contributed by atoms with E-state index < -0.39 is 0 Å². The molecule has 0 fully saturated rings. The van der Waals surface area contributed by atoms with Crippen molar-refractivity contribution in [3.8, 4) is 0 Å². The van der Waals surface area contributed by atoms with E-state index in [2.05, 4.69) is 39.7 Å². The van der Waals surface area contributed by atoms with Gasteiger partial charge in [0.1, 0.15) is 0 Å². The topological polar surface area (TPSA) is 17.3 Å². The van der Waals surface area contributed by atoms with Crippen molar-refractivity contribution < 1.29 is 0 Å². The minimum absolute atomic E-state index is 0.890. The molecule has 0 unspecified atom stereocenters. The maximum atomic E-state index is 4.45. The van der Waals surface area contributed by atoms with Crippen molar-refractivity contribution in [3.05, 3.63) is 72.3 Å². The first-order valence-electron chi connectivity index (χ1n) is 5.38. The van der Waals surface area contributed by atoms with Gasteiger partial charge in [0.05, 0.1) is 17.5 Å². The molecule has 0 aliphatic heterocycles. The van der Waals surface area contributed by atoms with Gasteiger partial charge in [0.15, 0.2) is 0 Å². The van der Waals surface area contributed by atoms with Crippen LogP contribution < -0.4 is 0 Å². The van der Waals surface area contributed by atoms with Gasteiger partial charge in [-0.15, -0.1) is 0 Å². The molecule has 0 aliphatic rings. The summed E-state index contributed by atoms with van der Waals surface area (Å²) in [5, 5.41) is 0. The average Bonchev–Trinajstić information content (AvgIpc) is 2.74. The molecule has 0 saturated heterocycles. The van der Waals surface area contributed by atoms with E-state index in [0.717, 1.165) is 12.1 Å². The van der Waals surface area contributed by atoms with E-state index >= 15 is 0 Å². The Hall–Kier alpha value is -2.09. The fourth-order valence-electron chi connectivity index (χ4n) is 1.92. The Labute approximate surface area is 94.2 Å². The summed E-state index contributed by atoms with van der Waals surface area (Å²) in [5.41, 5.74) is 3.62. The summed E-state index contributed by atoms with van der Waals surface area (Å²) in [7, 11) is 0. The Bertz CT molecular complexity index is 596. The molecule has 2 heteroatoms. The number of aromatic nitrogens is 2. The van der Waals surface area contributed by atoms with Crippen molar-refractivity contribution in [2.75, 3.05) is 0 Å². The second kappa shape index (κ2) is 3.81. The summed E-state index contributed by atoms with van der Waals surface area (Å²) in [4.78, 5) is 4.45. The third-order valence-electron chi connectivity index (χ3n) is 2.74. The molecule has 0 amide bonds. The quantitative estimate of drug-likeness (QED) is 0.633. The molecule has 2 heterocycles. The Morgan fingerprint density at radius 1 is 0.938 bits per heavy atom. The summed E-state index contributed by atoms with van der Waals surface area (Å²) in [6, 6.07) is 16.6. The van der Waals surface area contributed by atoms with Gasteiger partial charge >= 0.3 is 0 Å². The molecule has 0 radical (unpaired) electrons. The Kier molecular flexibility index (Phi) is 2.18. The number of nitrogens with zero attached hydrogens (tertiary/aromatic N) is 2. The van der Waals surface area contributed by atoms with Crippen LogP contribution >= 0.6 is 0 Å². The van der Waals surface area contributed by atoms with Gasteiger partial charge in [-0.2, -0.15) is 0 Å². The number of benzene rings is 1. The van der Waals surface area contributed by atoms with Crippen molar-refractivity contribution in [3.63, 3.8) is 0 Å².